The van der Waals surface area contributed by atoms with E-state index in [-0.39, 0.29) is 16.6 Å². The van der Waals surface area contributed by atoms with Gasteiger partial charge in [0.05, 0.1) is 5.41 Å². The summed E-state index contributed by atoms with van der Waals surface area (Å²) in [5.41, 5.74) is 1.42. The largest absolute Gasteiger partial charge is 0.360 e. The van der Waals surface area contributed by atoms with E-state index in [0.29, 0.717) is 17.1 Å². The van der Waals surface area contributed by atoms with Crippen LogP contribution in [0.1, 0.15) is 30.9 Å². The van der Waals surface area contributed by atoms with Crippen molar-refractivity contribution in [1.82, 2.24) is 5.16 Å². The lowest BCUT2D eigenvalue weighted by Crippen LogP contribution is -2.27. The molecule has 1 aromatic carbocycles. The number of anilines is 2. The van der Waals surface area contributed by atoms with Gasteiger partial charge in [-0.3, -0.25) is 9.52 Å². The van der Waals surface area contributed by atoms with Crippen molar-refractivity contribution in [2.24, 2.45) is 0 Å². The highest BCUT2D eigenvalue weighted by Crippen LogP contribution is 2.39. The highest BCUT2D eigenvalue weighted by Gasteiger charge is 2.38. The predicted molar refractivity (Wildman–Crippen MR) is 84.9 cm³/mol. The molecule has 0 bridgehead atoms. The summed E-state index contributed by atoms with van der Waals surface area (Å²) in [6.07, 6.45) is 0. The maximum atomic E-state index is 12.5. The van der Waals surface area contributed by atoms with Gasteiger partial charge in [-0.2, -0.15) is 0 Å². The van der Waals surface area contributed by atoms with Gasteiger partial charge in [0, 0.05) is 11.4 Å². The summed E-state index contributed by atoms with van der Waals surface area (Å²) in [5, 5.41) is 6.45. The van der Waals surface area contributed by atoms with E-state index >= 15 is 0 Å². The summed E-state index contributed by atoms with van der Waals surface area (Å²) in [6, 6.07) is 4.96. The molecule has 7 nitrogen and oxygen atoms in total. The first kappa shape index (κ1) is 15.5. The van der Waals surface area contributed by atoms with Crippen molar-refractivity contribution in [2.45, 2.75) is 38.0 Å². The Kier molecular flexibility index (Phi) is 3.26. The van der Waals surface area contributed by atoms with Crippen molar-refractivity contribution in [3.63, 3.8) is 0 Å². The third-order valence-corrected chi connectivity index (χ3v) is 5.62. The van der Waals surface area contributed by atoms with Crippen LogP contribution in [-0.4, -0.2) is 19.5 Å². The van der Waals surface area contributed by atoms with Crippen LogP contribution >= 0.6 is 0 Å². The Morgan fingerprint density at radius 1 is 1.26 bits per heavy atom. The van der Waals surface area contributed by atoms with E-state index in [2.05, 4.69) is 15.2 Å². The average molecular weight is 335 g/mol. The van der Waals surface area contributed by atoms with E-state index in [9.17, 15) is 13.2 Å². The number of carbonyl (C=O) groups excluding carboxylic acids is 1. The summed E-state index contributed by atoms with van der Waals surface area (Å²) in [6.45, 7) is 6.70. The van der Waals surface area contributed by atoms with Crippen LogP contribution in [0.2, 0.25) is 0 Å². The highest BCUT2D eigenvalue weighted by molar-refractivity contribution is 7.92. The second-order valence-corrected chi connectivity index (χ2v) is 7.72. The van der Waals surface area contributed by atoms with Crippen molar-refractivity contribution in [2.75, 3.05) is 10.0 Å². The first-order valence-corrected chi connectivity index (χ1v) is 8.53. The lowest BCUT2D eigenvalue weighted by molar-refractivity contribution is -0.119. The Bertz CT molecular complexity index is 893. The first-order chi connectivity index (χ1) is 10.6. The zero-order valence-corrected chi connectivity index (χ0v) is 14.0. The predicted octanol–water partition coefficient (Wildman–Crippen LogP) is 2.32. The summed E-state index contributed by atoms with van der Waals surface area (Å²) < 4.78 is 32.5. The Morgan fingerprint density at radius 2 is 1.96 bits per heavy atom. The zero-order chi connectivity index (χ0) is 17.0. The summed E-state index contributed by atoms with van der Waals surface area (Å²) in [7, 11) is -3.81. The quantitative estimate of drug-likeness (QED) is 0.896. The van der Waals surface area contributed by atoms with E-state index < -0.39 is 15.4 Å². The lowest BCUT2D eigenvalue weighted by Gasteiger charge is -2.16. The zero-order valence-electron chi connectivity index (χ0n) is 13.2. The molecule has 0 saturated heterocycles. The summed E-state index contributed by atoms with van der Waals surface area (Å²) >= 11 is 0. The van der Waals surface area contributed by atoms with E-state index in [1.807, 2.05) is 0 Å². The maximum Gasteiger partial charge on any atom is 0.267 e. The highest BCUT2D eigenvalue weighted by atomic mass is 32.2. The number of hydrogen-bond donors (Lipinski definition) is 2. The van der Waals surface area contributed by atoms with Gasteiger partial charge in [0.2, 0.25) is 5.91 Å². The molecular weight excluding hydrogens is 318 g/mol. The van der Waals surface area contributed by atoms with Crippen LogP contribution in [0.3, 0.4) is 0 Å². The molecule has 1 aliphatic heterocycles. The molecule has 0 saturated carbocycles. The van der Waals surface area contributed by atoms with Gasteiger partial charge >= 0.3 is 0 Å². The Hall–Kier alpha value is -2.35. The number of aromatic nitrogens is 1. The minimum atomic E-state index is -3.81. The maximum absolute atomic E-state index is 12.5. The van der Waals surface area contributed by atoms with Crippen molar-refractivity contribution in [1.29, 1.82) is 0 Å². The van der Waals surface area contributed by atoms with Gasteiger partial charge in [0.1, 0.15) is 5.69 Å². The van der Waals surface area contributed by atoms with E-state index in [4.69, 9.17) is 4.52 Å². The number of rotatable bonds is 3. The topological polar surface area (TPSA) is 101 Å². The molecule has 1 amide bonds. The molecule has 0 aliphatic carbocycles. The Morgan fingerprint density at radius 3 is 2.57 bits per heavy atom. The smallest absolute Gasteiger partial charge is 0.267 e. The molecule has 1 aromatic heterocycles. The summed E-state index contributed by atoms with van der Waals surface area (Å²) in [5.74, 6) is 0.117. The number of aryl methyl sites for hydroxylation is 2. The molecular formula is C15H17N3O4S. The van der Waals surface area contributed by atoms with Gasteiger partial charge in [0.15, 0.2) is 10.7 Å². The molecule has 8 heteroatoms. The fourth-order valence-electron chi connectivity index (χ4n) is 2.70. The minimum absolute atomic E-state index is 0.0338. The van der Waals surface area contributed by atoms with Gasteiger partial charge < -0.3 is 9.84 Å². The van der Waals surface area contributed by atoms with E-state index in [1.165, 1.54) is 0 Å². The van der Waals surface area contributed by atoms with Crippen LogP contribution in [0, 0.1) is 13.8 Å². The molecule has 23 heavy (non-hydrogen) atoms. The van der Waals surface area contributed by atoms with Crippen molar-refractivity contribution < 1.29 is 17.7 Å². The third kappa shape index (κ3) is 2.39. The molecule has 0 atom stereocenters. The van der Waals surface area contributed by atoms with E-state index in [1.54, 1.807) is 45.9 Å². The molecule has 3 rings (SSSR count). The van der Waals surface area contributed by atoms with Crippen LogP contribution in [0.4, 0.5) is 11.4 Å². The van der Waals surface area contributed by atoms with Gasteiger partial charge in [-0.1, -0.05) is 5.16 Å². The number of nitrogens with one attached hydrogen (secondary N) is 2. The number of hydrogen-bond acceptors (Lipinski definition) is 5. The van der Waals surface area contributed by atoms with Crippen LogP contribution in [0.25, 0.3) is 0 Å². The molecule has 2 N–H and O–H groups in total. The molecule has 1 aliphatic rings. The monoisotopic (exact) mass is 335 g/mol. The van der Waals surface area contributed by atoms with Gasteiger partial charge in [-0.15, -0.1) is 0 Å². The summed E-state index contributed by atoms with van der Waals surface area (Å²) in [4.78, 5) is 12.0. The second-order valence-electron chi connectivity index (χ2n) is 6.10. The SMILES string of the molecule is Cc1noc(C)c1S(=O)(=O)Nc1ccc2c(c1)C(C)(C)C(=O)N2. The minimum Gasteiger partial charge on any atom is -0.360 e. The Labute approximate surface area is 134 Å². The fourth-order valence-corrected chi connectivity index (χ4v) is 4.08. The number of nitrogens with zero attached hydrogens (tertiary/aromatic N) is 1. The molecule has 0 spiro atoms. The molecule has 0 fully saturated rings. The number of benzene rings is 1. The third-order valence-electron chi connectivity index (χ3n) is 4.00. The number of carbonyl (C=O) groups is 1. The molecule has 0 radical (unpaired) electrons. The molecule has 2 aromatic rings. The van der Waals surface area contributed by atoms with Crippen molar-refractivity contribution >= 4 is 27.3 Å². The van der Waals surface area contributed by atoms with Crippen LogP contribution < -0.4 is 10.0 Å². The Balaban J connectivity index is 2.00. The van der Waals surface area contributed by atoms with Crippen LogP contribution in [0.5, 0.6) is 0 Å². The average Bonchev–Trinajstić information content (AvgIpc) is 2.89. The number of amides is 1. The number of fused-ring (bicyclic) bond motifs is 1. The van der Waals surface area contributed by atoms with Crippen molar-refractivity contribution in [3.8, 4) is 0 Å². The first-order valence-electron chi connectivity index (χ1n) is 7.04. The van der Waals surface area contributed by atoms with E-state index in [0.717, 1.165) is 5.56 Å². The number of sulfonamides is 1. The van der Waals surface area contributed by atoms with Crippen LogP contribution in [-0.2, 0) is 20.2 Å². The molecule has 2 heterocycles. The van der Waals surface area contributed by atoms with Gasteiger partial charge in [-0.25, -0.2) is 8.42 Å². The fraction of sp³-hybridized carbons (Fsp3) is 0.333. The second kappa shape index (κ2) is 4.82. The van der Waals surface area contributed by atoms with Crippen molar-refractivity contribution in [3.05, 3.63) is 35.2 Å². The standard InChI is InChI=1S/C15H17N3O4S/c1-8-13(9(2)22-17-8)23(20,21)18-10-5-6-12-11(7-10)15(3,4)14(19)16-12/h5-7,18H,1-4H3,(H,16,19). The molecule has 122 valence electrons. The van der Waals surface area contributed by atoms with Crippen LogP contribution in [0.15, 0.2) is 27.6 Å². The van der Waals surface area contributed by atoms with Gasteiger partial charge in [-0.05, 0) is 51.5 Å². The normalized spacial score (nSPS) is 16.1. The molecule has 0 unspecified atom stereocenters. The lowest BCUT2D eigenvalue weighted by atomic mass is 9.86. The van der Waals surface area contributed by atoms with Gasteiger partial charge in [0.25, 0.3) is 10.0 Å².